The molecular weight excluding hydrogens is 292 g/mol. The number of hydrogen-bond donors (Lipinski definition) is 2. The third kappa shape index (κ3) is 4.33. The minimum Gasteiger partial charge on any atom is -0.481 e. The Hall–Kier alpha value is -1.85. The predicted molar refractivity (Wildman–Crippen MR) is 89.7 cm³/mol. The summed E-state index contributed by atoms with van der Waals surface area (Å²) in [5.41, 5.74) is 0. The van der Waals surface area contributed by atoms with Crippen molar-refractivity contribution in [1.82, 2.24) is 9.97 Å². The van der Waals surface area contributed by atoms with Crippen molar-refractivity contribution in [3.05, 3.63) is 12.3 Å². The van der Waals surface area contributed by atoms with Crippen LogP contribution < -0.4 is 10.2 Å². The molecule has 2 aliphatic rings. The number of hydrogen-bond acceptors (Lipinski definition) is 5. The molecule has 3 rings (SSSR count). The molecule has 1 saturated heterocycles. The van der Waals surface area contributed by atoms with Crippen molar-refractivity contribution < 1.29 is 9.90 Å². The van der Waals surface area contributed by atoms with E-state index in [1.807, 2.05) is 6.07 Å². The molecule has 0 amide bonds. The molecular formula is C17H26N4O2. The third-order valence-corrected chi connectivity index (χ3v) is 5.00. The summed E-state index contributed by atoms with van der Waals surface area (Å²) < 4.78 is 0. The van der Waals surface area contributed by atoms with E-state index < -0.39 is 5.97 Å². The van der Waals surface area contributed by atoms with Gasteiger partial charge in [-0.05, 0) is 31.7 Å². The molecule has 0 atom stereocenters. The third-order valence-electron chi connectivity index (χ3n) is 5.00. The van der Waals surface area contributed by atoms with Crippen molar-refractivity contribution >= 4 is 17.7 Å². The molecule has 0 aromatic carbocycles. The molecule has 2 N–H and O–H groups in total. The quantitative estimate of drug-likeness (QED) is 0.831. The number of aromatic nitrogens is 2. The highest BCUT2D eigenvalue weighted by Gasteiger charge is 2.25. The summed E-state index contributed by atoms with van der Waals surface area (Å²) in [6, 6.07) is 2.39. The zero-order valence-corrected chi connectivity index (χ0v) is 13.6. The first-order valence-electron chi connectivity index (χ1n) is 8.80. The van der Waals surface area contributed by atoms with Gasteiger partial charge >= 0.3 is 5.97 Å². The molecule has 2 heterocycles. The zero-order valence-electron chi connectivity index (χ0n) is 13.6. The van der Waals surface area contributed by atoms with Gasteiger partial charge in [0.25, 0.3) is 0 Å². The number of aliphatic carboxylic acids is 1. The van der Waals surface area contributed by atoms with E-state index in [1.165, 1.54) is 38.5 Å². The van der Waals surface area contributed by atoms with Crippen molar-refractivity contribution in [2.24, 2.45) is 5.92 Å². The highest BCUT2D eigenvalue weighted by Crippen LogP contribution is 2.24. The van der Waals surface area contributed by atoms with Crippen LogP contribution >= 0.6 is 0 Å². The molecule has 6 heteroatoms. The highest BCUT2D eigenvalue weighted by molar-refractivity contribution is 5.70. The fourth-order valence-corrected chi connectivity index (χ4v) is 3.56. The smallest absolute Gasteiger partial charge is 0.306 e. The summed E-state index contributed by atoms with van der Waals surface area (Å²) in [6.07, 6.45) is 10.8. The van der Waals surface area contributed by atoms with Crippen LogP contribution in [0, 0.1) is 5.92 Å². The summed E-state index contributed by atoms with van der Waals surface area (Å²) in [5, 5.41) is 12.6. The lowest BCUT2D eigenvalue weighted by atomic mass is 9.97. The SMILES string of the molecule is O=C(O)C1CCN(c2ccnc(NC3CCCCCC3)n2)CC1. The Kier molecular flexibility index (Phi) is 5.31. The minimum atomic E-state index is -0.678. The molecule has 0 unspecified atom stereocenters. The number of anilines is 2. The van der Waals surface area contributed by atoms with Gasteiger partial charge in [0.1, 0.15) is 5.82 Å². The number of piperidine rings is 1. The molecule has 126 valence electrons. The van der Waals surface area contributed by atoms with Crippen LogP contribution in [0.2, 0.25) is 0 Å². The lowest BCUT2D eigenvalue weighted by Gasteiger charge is -2.31. The lowest BCUT2D eigenvalue weighted by Crippen LogP contribution is -2.37. The van der Waals surface area contributed by atoms with E-state index in [-0.39, 0.29) is 5.92 Å². The lowest BCUT2D eigenvalue weighted by molar-refractivity contribution is -0.142. The van der Waals surface area contributed by atoms with Crippen molar-refractivity contribution in [2.75, 3.05) is 23.3 Å². The van der Waals surface area contributed by atoms with Gasteiger partial charge in [-0.3, -0.25) is 4.79 Å². The van der Waals surface area contributed by atoms with Gasteiger partial charge in [-0.25, -0.2) is 4.98 Å². The molecule has 1 aromatic heterocycles. The molecule has 0 radical (unpaired) electrons. The van der Waals surface area contributed by atoms with E-state index in [4.69, 9.17) is 5.11 Å². The van der Waals surface area contributed by atoms with Crippen molar-refractivity contribution in [3.63, 3.8) is 0 Å². The van der Waals surface area contributed by atoms with Gasteiger partial charge in [0.05, 0.1) is 5.92 Å². The van der Waals surface area contributed by atoms with Gasteiger partial charge in [0.2, 0.25) is 5.95 Å². The van der Waals surface area contributed by atoms with E-state index in [9.17, 15) is 4.79 Å². The summed E-state index contributed by atoms with van der Waals surface area (Å²) in [7, 11) is 0. The second kappa shape index (κ2) is 7.62. The molecule has 0 bridgehead atoms. The van der Waals surface area contributed by atoms with Crippen molar-refractivity contribution in [1.29, 1.82) is 0 Å². The average molecular weight is 318 g/mol. The molecule has 1 aliphatic heterocycles. The number of carbonyl (C=O) groups is 1. The van der Waals surface area contributed by atoms with Gasteiger partial charge in [-0.2, -0.15) is 4.98 Å². The minimum absolute atomic E-state index is 0.211. The second-order valence-corrected chi connectivity index (χ2v) is 6.67. The molecule has 0 spiro atoms. The summed E-state index contributed by atoms with van der Waals surface area (Å²) in [4.78, 5) is 22.2. The number of nitrogens with zero attached hydrogens (tertiary/aromatic N) is 3. The number of nitrogens with one attached hydrogen (secondary N) is 1. The van der Waals surface area contributed by atoms with E-state index >= 15 is 0 Å². The fourth-order valence-electron chi connectivity index (χ4n) is 3.56. The van der Waals surface area contributed by atoms with Crippen LogP contribution in [0.1, 0.15) is 51.4 Å². The molecule has 1 aromatic rings. The molecule has 1 saturated carbocycles. The monoisotopic (exact) mass is 318 g/mol. The second-order valence-electron chi connectivity index (χ2n) is 6.67. The van der Waals surface area contributed by atoms with E-state index in [1.54, 1.807) is 6.20 Å². The van der Waals surface area contributed by atoms with E-state index in [2.05, 4.69) is 20.2 Å². The molecule has 1 aliphatic carbocycles. The largest absolute Gasteiger partial charge is 0.481 e. The van der Waals surface area contributed by atoms with Crippen molar-refractivity contribution in [3.8, 4) is 0 Å². The van der Waals surface area contributed by atoms with Crippen LogP contribution in [0.5, 0.6) is 0 Å². The Morgan fingerprint density at radius 1 is 1.13 bits per heavy atom. The molecule has 2 fully saturated rings. The first kappa shape index (κ1) is 16.0. The van der Waals surface area contributed by atoms with Gasteiger partial charge < -0.3 is 15.3 Å². The first-order valence-corrected chi connectivity index (χ1v) is 8.80. The van der Waals surface area contributed by atoms with Crippen LogP contribution in [0.3, 0.4) is 0 Å². The summed E-state index contributed by atoms with van der Waals surface area (Å²) in [6.45, 7) is 1.49. The Morgan fingerprint density at radius 3 is 2.48 bits per heavy atom. The Balaban J connectivity index is 1.60. The number of carboxylic acid groups (broad SMARTS) is 1. The average Bonchev–Trinajstić information content (AvgIpc) is 2.84. The number of carboxylic acids is 1. The van der Waals surface area contributed by atoms with E-state index in [0.717, 1.165) is 18.9 Å². The maximum Gasteiger partial charge on any atom is 0.306 e. The van der Waals surface area contributed by atoms with Crippen molar-refractivity contribution in [2.45, 2.75) is 57.4 Å². The van der Waals surface area contributed by atoms with Crippen LogP contribution in [0.4, 0.5) is 11.8 Å². The fraction of sp³-hybridized carbons (Fsp3) is 0.706. The Labute approximate surface area is 137 Å². The number of rotatable bonds is 4. The van der Waals surface area contributed by atoms with Gasteiger partial charge in [0.15, 0.2) is 0 Å². The predicted octanol–water partition coefficient (Wildman–Crippen LogP) is 2.91. The maximum absolute atomic E-state index is 11.0. The van der Waals surface area contributed by atoms with Crippen LogP contribution in [-0.4, -0.2) is 40.2 Å². The highest BCUT2D eigenvalue weighted by atomic mass is 16.4. The standard InChI is InChI=1S/C17H26N4O2/c22-16(23)13-8-11-21(12-9-13)15-7-10-18-17(20-15)19-14-5-3-1-2-4-6-14/h7,10,13-14H,1-6,8-9,11-12H2,(H,22,23)(H,18,19,20). The van der Waals surface area contributed by atoms with Crippen LogP contribution in [0.15, 0.2) is 12.3 Å². The summed E-state index contributed by atoms with van der Waals surface area (Å²) >= 11 is 0. The maximum atomic E-state index is 11.0. The molecule has 6 nitrogen and oxygen atoms in total. The van der Waals surface area contributed by atoms with E-state index in [0.29, 0.717) is 24.8 Å². The molecule has 23 heavy (non-hydrogen) atoms. The topological polar surface area (TPSA) is 78.3 Å². The summed E-state index contributed by atoms with van der Waals surface area (Å²) in [5.74, 6) is 0.717. The first-order chi connectivity index (χ1) is 11.2. The van der Waals surface area contributed by atoms with Crippen LogP contribution in [0.25, 0.3) is 0 Å². The normalized spacial score (nSPS) is 21.0. The Bertz CT molecular complexity index is 521. The van der Waals surface area contributed by atoms with Crippen LogP contribution in [-0.2, 0) is 4.79 Å². The van der Waals surface area contributed by atoms with Gasteiger partial charge in [-0.1, -0.05) is 25.7 Å². The van der Waals surface area contributed by atoms with Gasteiger partial charge in [-0.15, -0.1) is 0 Å². The Morgan fingerprint density at radius 2 is 1.83 bits per heavy atom. The van der Waals surface area contributed by atoms with Gasteiger partial charge in [0, 0.05) is 25.3 Å². The zero-order chi connectivity index (χ0) is 16.1.